The molecule has 1 fully saturated rings. The molecule has 1 aromatic rings. The summed E-state index contributed by atoms with van der Waals surface area (Å²) >= 11 is 0. The lowest BCUT2D eigenvalue weighted by molar-refractivity contribution is -0.137. The highest BCUT2D eigenvalue weighted by atomic mass is 32.2. The maximum atomic E-state index is 12.4. The van der Waals surface area contributed by atoms with Crippen molar-refractivity contribution in [1.82, 2.24) is 4.72 Å². The van der Waals surface area contributed by atoms with E-state index in [0.29, 0.717) is 25.7 Å². The molecule has 4 nitrogen and oxygen atoms in total. The van der Waals surface area contributed by atoms with Crippen molar-refractivity contribution >= 4 is 10.0 Å². The summed E-state index contributed by atoms with van der Waals surface area (Å²) in [5.74, 6) is 0. The molecule has 1 aromatic carbocycles. The van der Waals surface area contributed by atoms with Gasteiger partial charge in [-0.1, -0.05) is 0 Å². The Hall–Kier alpha value is -1.12. The number of nitrogens with one attached hydrogen (secondary N) is 1. The summed E-state index contributed by atoms with van der Waals surface area (Å²) in [4.78, 5) is -0.212. The minimum Gasteiger partial charge on any atom is -0.393 e. The van der Waals surface area contributed by atoms with Crippen LogP contribution in [0.2, 0.25) is 0 Å². The van der Waals surface area contributed by atoms with Gasteiger partial charge in [0.1, 0.15) is 0 Å². The molecule has 0 aliphatic heterocycles. The molecule has 0 bridgehead atoms. The van der Waals surface area contributed by atoms with Gasteiger partial charge in [0, 0.05) is 6.04 Å². The van der Waals surface area contributed by atoms with Crippen molar-refractivity contribution in [1.29, 1.82) is 0 Å². The number of halogens is 3. The normalized spacial score (nSPS) is 24.0. The third-order valence-corrected chi connectivity index (χ3v) is 5.00. The predicted octanol–water partition coefficient (Wildman–Crippen LogP) is 2.29. The average Bonchev–Trinajstić information content (AvgIpc) is 2.37. The van der Waals surface area contributed by atoms with Crippen molar-refractivity contribution in [2.45, 2.75) is 48.9 Å². The van der Waals surface area contributed by atoms with Crippen molar-refractivity contribution in [3.8, 4) is 0 Å². The molecule has 21 heavy (non-hydrogen) atoms. The van der Waals surface area contributed by atoms with E-state index in [1.165, 1.54) is 0 Å². The Morgan fingerprint density at radius 3 is 2.29 bits per heavy atom. The third-order valence-electron chi connectivity index (χ3n) is 3.46. The fourth-order valence-electron chi connectivity index (χ4n) is 2.38. The fraction of sp³-hybridized carbons (Fsp3) is 0.538. The number of alkyl halides is 3. The Bertz CT molecular complexity index is 584. The lowest BCUT2D eigenvalue weighted by Crippen LogP contribution is -2.39. The quantitative estimate of drug-likeness (QED) is 0.897. The zero-order chi connectivity index (χ0) is 15.7. The summed E-state index contributed by atoms with van der Waals surface area (Å²) in [7, 11) is -3.87. The van der Waals surface area contributed by atoms with E-state index in [0.717, 1.165) is 24.3 Å². The zero-order valence-corrected chi connectivity index (χ0v) is 11.9. The molecule has 8 heteroatoms. The van der Waals surface area contributed by atoms with Gasteiger partial charge in [0.25, 0.3) is 0 Å². The largest absolute Gasteiger partial charge is 0.416 e. The minimum atomic E-state index is -4.50. The Morgan fingerprint density at radius 1 is 1.14 bits per heavy atom. The standard InChI is InChI=1S/C13H16F3NO3S/c14-13(15,16)9-4-6-12(7-5-9)21(19,20)17-10-2-1-3-11(18)8-10/h4-7,10-11,17-18H,1-3,8H2/t10-,11-/m0/s1. The zero-order valence-electron chi connectivity index (χ0n) is 11.1. The van der Waals surface area contributed by atoms with Crippen molar-refractivity contribution in [2.75, 3.05) is 0 Å². The van der Waals surface area contributed by atoms with E-state index in [2.05, 4.69) is 4.72 Å². The second kappa shape index (κ2) is 5.94. The monoisotopic (exact) mass is 323 g/mol. The molecule has 0 spiro atoms. The van der Waals surface area contributed by atoms with E-state index in [9.17, 15) is 26.7 Å². The van der Waals surface area contributed by atoms with Crippen LogP contribution in [0.1, 0.15) is 31.2 Å². The number of aliphatic hydroxyl groups is 1. The molecule has 1 aliphatic rings. The molecule has 0 amide bonds. The third kappa shape index (κ3) is 4.18. The second-order valence-electron chi connectivity index (χ2n) is 5.16. The van der Waals surface area contributed by atoms with E-state index in [1.807, 2.05) is 0 Å². The molecule has 0 heterocycles. The molecule has 0 saturated heterocycles. The molecular formula is C13H16F3NO3S. The van der Waals surface area contributed by atoms with Gasteiger partial charge in [-0.25, -0.2) is 13.1 Å². The van der Waals surface area contributed by atoms with Crippen LogP contribution < -0.4 is 4.72 Å². The highest BCUT2D eigenvalue weighted by Crippen LogP contribution is 2.30. The second-order valence-corrected chi connectivity index (χ2v) is 6.87. The summed E-state index contributed by atoms with van der Waals surface area (Å²) in [6.07, 6.45) is -2.76. The van der Waals surface area contributed by atoms with Gasteiger partial charge in [-0.15, -0.1) is 0 Å². The number of benzene rings is 1. The van der Waals surface area contributed by atoms with Gasteiger partial charge < -0.3 is 5.11 Å². The Labute approximate surface area is 121 Å². The first-order valence-electron chi connectivity index (χ1n) is 6.56. The number of hydrogen-bond acceptors (Lipinski definition) is 3. The minimum absolute atomic E-state index is 0.212. The number of sulfonamides is 1. The molecule has 0 radical (unpaired) electrons. The van der Waals surface area contributed by atoms with E-state index in [-0.39, 0.29) is 10.9 Å². The summed E-state index contributed by atoms with van der Waals surface area (Å²) in [6, 6.07) is 2.96. The van der Waals surface area contributed by atoms with Gasteiger partial charge in [0.2, 0.25) is 10.0 Å². The molecule has 2 rings (SSSR count). The van der Waals surface area contributed by atoms with E-state index < -0.39 is 27.9 Å². The van der Waals surface area contributed by atoms with Crippen LogP contribution in [0.3, 0.4) is 0 Å². The molecule has 118 valence electrons. The average molecular weight is 323 g/mol. The van der Waals surface area contributed by atoms with Gasteiger partial charge >= 0.3 is 6.18 Å². The van der Waals surface area contributed by atoms with Gasteiger partial charge in [-0.05, 0) is 49.9 Å². The van der Waals surface area contributed by atoms with Crippen LogP contribution in [-0.2, 0) is 16.2 Å². The smallest absolute Gasteiger partial charge is 0.393 e. The van der Waals surface area contributed by atoms with Crippen molar-refractivity contribution < 1.29 is 26.7 Å². The van der Waals surface area contributed by atoms with Crippen molar-refractivity contribution in [3.05, 3.63) is 29.8 Å². The summed E-state index contributed by atoms with van der Waals surface area (Å²) in [6.45, 7) is 0. The molecule has 2 N–H and O–H groups in total. The van der Waals surface area contributed by atoms with E-state index in [4.69, 9.17) is 0 Å². The highest BCUT2D eigenvalue weighted by Gasteiger charge is 2.31. The van der Waals surface area contributed by atoms with Gasteiger partial charge in [0.05, 0.1) is 16.6 Å². The van der Waals surface area contributed by atoms with Crippen molar-refractivity contribution in [2.24, 2.45) is 0 Å². The fourth-order valence-corrected chi connectivity index (χ4v) is 3.66. The SMILES string of the molecule is O=S(=O)(N[C@H]1CCC[C@H](O)C1)c1ccc(C(F)(F)F)cc1. The number of aliphatic hydroxyl groups excluding tert-OH is 1. The van der Waals surface area contributed by atoms with E-state index >= 15 is 0 Å². The molecule has 2 atom stereocenters. The Kier molecular flexibility index (Phi) is 4.60. The number of hydrogen-bond donors (Lipinski definition) is 2. The summed E-state index contributed by atoms with van der Waals surface area (Å²) in [5.41, 5.74) is -0.894. The molecule has 0 unspecified atom stereocenters. The first kappa shape index (κ1) is 16.3. The lowest BCUT2D eigenvalue weighted by atomic mass is 9.94. The Morgan fingerprint density at radius 2 is 1.76 bits per heavy atom. The van der Waals surface area contributed by atoms with Gasteiger partial charge in [-0.3, -0.25) is 0 Å². The first-order valence-corrected chi connectivity index (χ1v) is 8.04. The first-order chi connectivity index (χ1) is 9.68. The maximum absolute atomic E-state index is 12.4. The number of rotatable bonds is 3. The van der Waals surface area contributed by atoms with Crippen LogP contribution in [0, 0.1) is 0 Å². The van der Waals surface area contributed by atoms with Gasteiger partial charge in [-0.2, -0.15) is 13.2 Å². The molecule has 1 saturated carbocycles. The highest BCUT2D eigenvalue weighted by molar-refractivity contribution is 7.89. The van der Waals surface area contributed by atoms with Crippen LogP contribution in [0.4, 0.5) is 13.2 Å². The maximum Gasteiger partial charge on any atom is 0.416 e. The Balaban J connectivity index is 2.12. The molecular weight excluding hydrogens is 307 g/mol. The van der Waals surface area contributed by atoms with Crippen LogP contribution >= 0.6 is 0 Å². The van der Waals surface area contributed by atoms with Crippen LogP contribution in [0.5, 0.6) is 0 Å². The molecule has 0 aromatic heterocycles. The lowest BCUT2D eigenvalue weighted by Gasteiger charge is -2.26. The predicted molar refractivity (Wildman–Crippen MR) is 70.0 cm³/mol. The summed E-state index contributed by atoms with van der Waals surface area (Å²) < 4.78 is 63.9. The van der Waals surface area contributed by atoms with Crippen molar-refractivity contribution in [3.63, 3.8) is 0 Å². The van der Waals surface area contributed by atoms with Gasteiger partial charge in [0.15, 0.2) is 0 Å². The van der Waals surface area contributed by atoms with Crippen LogP contribution in [-0.4, -0.2) is 25.7 Å². The summed E-state index contributed by atoms with van der Waals surface area (Å²) in [5, 5.41) is 9.51. The van der Waals surface area contributed by atoms with Crippen LogP contribution in [0.15, 0.2) is 29.2 Å². The topological polar surface area (TPSA) is 66.4 Å². The molecule has 1 aliphatic carbocycles. The van der Waals surface area contributed by atoms with Crippen LogP contribution in [0.25, 0.3) is 0 Å². The van der Waals surface area contributed by atoms with E-state index in [1.54, 1.807) is 0 Å².